The molecule has 0 heterocycles. The minimum absolute atomic E-state index is 0.156. The summed E-state index contributed by atoms with van der Waals surface area (Å²) in [5.74, 6) is 0.837. The molecule has 0 aromatic rings. The highest BCUT2D eigenvalue weighted by Gasteiger charge is 2.37. The topological polar surface area (TPSA) is 21.3 Å². The van der Waals surface area contributed by atoms with Crippen LogP contribution in [0.25, 0.3) is 0 Å². The second-order valence-corrected chi connectivity index (χ2v) is 7.66. The Morgan fingerprint density at radius 3 is 2.52 bits per heavy atom. The van der Waals surface area contributed by atoms with Gasteiger partial charge in [0.25, 0.3) is 0 Å². The Morgan fingerprint density at radius 1 is 1.05 bits per heavy atom. The zero-order chi connectivity index (χ0) is 15.0. The summed E-state index contributed by atoms with van der Waals surface area (Å²) < 4.78 is 6.46. The standard InChI is InChI=1S/C19H37NO/c1-3-4-5-6-7-8-14-21-19(16-20-18-11-12-18)13-9-10-17(2)15-19/h17-18,20H,3-16H2,1-2H3. The number of hydrogen-bond donors (Lipinski definition) is 1. The van der Waals surface area contributed by atoms with Crippen LogP contribution >= 0.6 is 0 Å². The van der Waals surface area contributed by atoms with Crippen molar-refractivity contribution < 1.29 is 4.74 Å². The molecule has 2 aliphatic rings. The molecule has 2 fully saturated rings. The predicted molar refractivity (Wildman–Crippen MR) is 90.7 cm³/mol. The minimum Gasteiger partial charge on any atom is -0.374 e. The molecule has 2 atom stereocenters. The molecule has 0 bridgehead atoms. The lowest BCUT2D eigenvalue weighted by Gasteiger charge is -2.40. The van der Waals surface area contributed by atoms with Crippen molar-refractivity contribution in [2.75, 3.05) is 13.2 Å². The van der Waals surface area contributed by atoms with Gasteiger partial charge in [0.15, 0.2) is 0 Å². The van der Waals surface area contributed by atoms with E-state index in [4.69, 9.17) is 4.74 Å². The van der Waals surface area contributed by atoms with Crippen LogP contribution in [-0.2, 0) is 4.74 Å². The van der Waals surface area contributed by atoms with E-state index in [-0.39, 0.29) is 5.60 Å². The number of hydrogen-bond acceptors (Lipinski definition) is 2. The molecule has 0 aromatic heterocycles. The van der Waals surface area contributed by atoms with Crippen LogP contribution in [0.4, 0.5) is 0 Å². The van der Waals surface area contributed by atoms with Crippen LogP contribution < -0.4 is 5.32 Å². The quantitative estimate of drug-likeness (QED) is 0.538. The maximum absolute atomic E-state index is 6.46. The van der Waals surface area contributed by atoms with Crippen molar-refractivity contribution in [2.45, 2.75) is 103 Å². The summed E-state index contributed by atoms with van der Waals surface area (Å²) in [6.45, 7) is 6.76. The van der Waals surface area contributed by atoms with Gasteiger partial charge in [-0.15, -0.1) is 0 Å². The second-order valence-electron chi connectivity index (χ2n) is 7.66. The monoisotopic (exact) mass is 295 g/mol. The van der Waals surface area contributed by atoms with Gasteiger partial charge in [-0.25, -0.2) is 0 Å². The van der Waals surface area contributed by atoms with Gasteiger partial charge in [0.05, 0.1) is 5.60 Å². The Labute approximate surface area is 132 Å². The van der Waals surface area contributed by atoms with Crippen LogP contribution in [-0.4, -0.2) is 24.8 Å². The zero-order valence-corrected chi connectivity index (χ0v) is 14.5. The molecule has 2 nitrogen and oxygen atoms in total. The van der Waals surface area contributed by atoms with Crippen LogP contribution in [0.1, 0.15) is 90.9 Å². The molecule has 0 aliphatic heterocycles. The van der Waals surface area contributed by atoms with Crippen LogP contribution in [0.2, 0.25) is 0 Å². The Hall–Kier alpha value is -0.0800. The van der Waals surface area contributed by atoms with E-state index in [1.54, 1.807) is 0 Å². The van der Waals surface area contributed by atoms with Gasteiger partial charge in [0.2, 0.25) is 0 Å². The number of unbranched alkanes of at least 4 members (excludes halogenated alkanes) is 5. The van der Waals surface area contributed by atoms with Gasteiger partial charge in [0, 0.05) is 19.2 Å². The highest BCUT2D eigenvalue weighted by Crippen LogP contribution is 2.35. The molecule has 21 heavy (non-hydrogen) atoms. The average molecular weight is 296 g/mol. The van der Waals surface area contributed by atoms with Crippen molar-refractivity contribution in [1.82, 2.24) is 5.32 Å². The molecule has 0 saturated heterocycles. The van der Waals surface area contributed by atoms with Crippen molar-refractivity contribution in [2.24, 2.45) is 5.92 Å². The molecule has 2 unspecified atom stereocenters. The van der Waals surface area contributed by atoms with Crippen LogP contribution in [0, 0.1) is 5.92 Å². The number of nitrogens with one attached hydrogen (secondary N) is 1. The Morgan fingerprint density at radius 2 is 1.81 bits per heavy atom. The van der Waals surface area contributed by atoms with Gasteiger partial charge in [-0.3, -0.25) is 0 Å². The smallest absolute Gasteiger partial charge is 0.0808 e. The number of rotatable bonds is 11. The first-order chi connectivity index (χ1) is 10.2. The van der Waals surface area contributed by atoms with E-state index in [0.29, 0.717) is 0 Å². The lowest BCUT2D eigenvalue weighted by Crippen LogP contribution is -2.47. The van der Waals surface area contributed by atoms with Crippen LogP contribution in [0.3, 0.4) is 0 Å². The van der Waals surface area contributed by atoms with Gasteiger partial charge in [0.1, 0.15) is 0 Å². The lowest BCUT2D eigenvalue weighted by molar-refractivity contribution is -0.0806. The molecule has 2 saturated carbocycles. The molecule has 0 amide bonds. The highest BCUT2D eigenvalue weighted by molar-refractivity contribution is 4.92. The maximum atomic E-state index is 6.46. The molecule has 124 valence electrons. The van der Waals surface area contributed by atoms with E-state index in [9.17, 15) is 0 Å². The summed E-state index contributed by atoms with van der Waals surface area (Å²) in [6, 6.07) is 0.803. The largest absolute Gasteiger partial charge is 0.374 e. The van der Waals surface area contributed by atoms with Crippen molar-refractivity contribution >= 4 is 0 Å². The molecule has 2 aliphatic carbocycles. The Bertz CT molecular complexity index is 277. The van der Waals surface area contributed by atoms with Gasteiger partial charge in [-0.1, -0.05) is 58.8 Å². The van der Waals surface area contributed by atoms with E-state index in [1.807, 2.05) is 0 Å². The van der Waals surface area contributed by atoms with E-state index in [0.717, 1.165) is 25.1 Å². The summed E-state index contributed by atoms with van der Waals surface area (Å²) in [7, 11) is 0. The first kappa shape index (κ1) is 17.3. The third-order valence-corrected chi connectivity index (χ3v) is 5.25. The zero-order valence-electron chi connectivity index (χ0n) is 14.5. The highest BCUT2D eigenvalue weighted by atomic mass is 16.5. The van der Waals surface area contributed by atoms with Gasteiger partial charge < -0.3 is 10.1 Å². The van der Waals surface area contributed by atoms with Gasteiger partial charge in [-0.2, -0.15) is 0 Å². The summed E-state index contributed by atoms with van der Waals surface area (Å²) in [4.78, 5) is 0. The molecular weight excluding hydrogens is 258 g/mol. The lowest BCUT2D eigenvalue weighted by atomic mass is 9.78. The van der Waals surface area contributed by atoms with Crippen molar-refractivity contribution in [3.63, 3.8) is 0 Å². The molecule has 2 heteroatoms. The molecule has 1 N–H and O–H groups in total. The van der Waals surface area contributed by atoms with Crippen molar-refractivity contribution in [3.8, 4) is 0 Å². The van der Waals surface area contributed by atoms with Gasteiger partial charge >= 0.3 is 0 Å². The number of ether oxygens (including phenoxy) is 1. The Balaban J connectivity index is 1.65. The van der Waals surface area contributed by atoms with Crippen LogP contribution in [0.5, 0.6) is 0 Å². The molecule has 0 radical (unpaired) electrons. The third-order valence-electron chi connectivity index (χ3n) is 5.25. The second kappa shape index (κ2) is 9.15. The van der Waals surface area contributed by atoms with Crippen molar-refractivity contribution in [3.05, 3.63) is 0 Å². The van der Waals surface area contributed by atoms with Gasteiger partial charge in [-0.05, 0) is 38.0 Å². The maximum Gasteiger partial charge on any atom is 0.0808 e. The summed E-state index contributed by atoms with van der Waals surface area (Å²) in [5.41, 5.74) is 0.156. The SMILES string of the molecule is CCCCCCCCOC1(CNC2CC2)CCCC(C)C1. The molecular formula is C19H37NO. The minimum atomic E-state index is 0.156. The fraction of sp³-hybridized carbons (Fsp3) is 1.00. The Kier molecular flexibility index (Phi) is 7.53. The summed E-state index contributed by atoms with van der Waals surface area (Å²) in [6.07, 6.45) is 16.2. The molecule has 0 spiro atoms. The first-order valence-corrected chi connectivity index (χ1v) is 9.61. The van der Waals surface area contributed by atoms with E-state index in [1.165, 1.54) is 77.0 Å². The normalized spacial score (nSPS) is 29.7. The summed E-state index contributed by atoms with van der Waals surface area (Å²) in [5, 5.41) is 3.73. The fourth-order valence-corrected chi connectivity index (χ4v) is 3.74. The molecule has 0 aromatic carbocycles. The summed E-state index contributed by atoms with van der Waals surface area (Å²) >= 11 is 0. The third kappa shape index (κ3) is 6.69. The van der Waals surface area contributed by atoms with E-state index in [2.05, 4.69) is 19.2 Å². The van der Waals surface area contributed by atoms with E-state index >= 15 is 0 Å². The molecule has 2 rings (SSSR count). The van der Waals surface area contributed by atoms with E-state index < -0.39 is 0 Å². The van der Waals surface area contributed by atoms with Crippen LogP contribution in [0.15, 0.2) is 0 Å². The van der Waals surface area contributed by atoms with Crippen molar-refractivity contribution in [1.29, 1.82) is 0 Å². The predicted octanol–water partition coefficient (Wildman–Crippen LogP) is 5.06. The fourth-order valence-electron chi connectivity index (χ4n) is 3.74. The first-order valence-electron chi connectivity index (χ1n) is 9.61. The average Bonchev–Trinajstić information content (AvgIpc) is 3.29.